The fourth-order valence-electron chi connectivity index (χ4n) is 2.98. The highest BCUT2D eigenvalue weighted by molar-refractivity contribution is 7.86. The van der Waals surface area contributed by atoms with Crippen molar-refractivity contribution in [3.8, 4) is 0 Å². The van der Waals surface area contributed by atoms with Gasteiger partial charge in [0.05, 0.1) is 11.4 Å². The van der Waals surface area contributed by atoms with E-state index < -0.39 is 35.6 Å². The Bertz CT molecular complexity index is 1170. The number of nitrogens with zero attached hydrogens (tertiary/aromatic N) is 1. The molecular formula is C25H39F3N2O6S2Si. The predicted molar refractivity (Wildman–Crippen MR) is 146 cm³/mol. The number of nitrogens with one attached hydrogen (secondary N) is 1. The van der Waals surface area contributed by atoms with E-state index in [-0.39, 0.29) is 17.2 Å². The summed E-state index contributed by atoms with van der Waals surface area (Å²) in [7, 11) is -6.19. The van der Waals surface area contributed by atoms with Crippen LogP contribution in [0, 0.1) is 0 Å². The summed E-state index contributed by atoms with van der Waals surface area (Å²) in [5.41, 5.74) is -5.07. The fraction of sp³-hybridized carbons (Fsp3) is 0.600. The van der Waals surface area contributed by atoms with Crippen LogP contribution in [0.5, 0.6) is 0 Å². The number of benzene rings is 1. The molecule has 1 aromatic heterocycles. The number of aromatic nitrogens is 1. The molecule has 14 heteroatoms. The summed E-state index contributed by atoms with van der Waals surface area (Å²) in [6, 6.07) is 9.95. The fourth-order valence-corrected chi connectivity index (χ4v) is 5.28. The first-order chi connectivity index (χ1) is 17.4. The van der Waals surface area contributed by atoms with Crippen LogP contribution in [0.1, 0.15) is 58.2 Å². The van der Waals surface area contributed by atoms with E-state index in [0.29, 0.717) is 6.42 Å². The average molecular weight is 613 g/mol. The van der Waals surface area contributed by atoms with Crippen molar-refractivity contribution in [3.63, 3.8) is 0 Å². The molecule has 0 aliphatic heterocycles. The summed E-state index contributed by atoms with van der Waals surface area (Å²) in [6.07, 6.45) is 1.99. The van der Waals surface area contributed by atoms with Crippen molar-refractivity contribution in [3.05, 3.63) is 52.5 Å². The maximum Gasteiger partial charge on any atom is 0.485 e. The van der Waals surface area contributed by atoms with Gasteiger partial charge < -0.3 is 19.0 Å². The van der Waals surface area contributed by atoms with Crippen LogP contribution in [0.4, 0.5) is 18.0 Å². The van der Waals surface area contributed by atoms with Gasteiger partial charge in [0.15, 0.2) is 30.7 Å². The number of hydrogen-bond donors (Lipinski definition) is 1. The summed E-state index contributed by atoms with van der Waals surface area (Å²) in [6.45, 7) is 16.8. The molecule has 0 radical (unpaired) electrons. The quantitative estimate of drug-likeness (QED) is 0.183. The van der Waals surface area contributed by atoms with E-state index in [4.69, 9.17) is 22.1 Å². The normalized spacial score (nSPS) is 14.6. The van der Waals surface area contributed by atoms with E-state index in [1.54, 1.807) is 11.3 Å². The number of alkyl carbamates (subject to hydrolysis) is 1. The minimum absolute atomic E-state index is 0.0459. The van der Waals surface area contributed by atoms with Crippen LogP contribution in [0.3, 0.4) is 0 Å². The van der Waals surface area contributed by atoms with Gasteiger partial charge >= 0.3 is 11.6 Å². The van der Waals surface area contributed by atoms with Crippen LogP contribution < -0.4 is 9.88 Å². The maximum atomic E-state index is 12.8. The molecule has 0 aliphatic rings. The molecule has 0 aliphatic carbocycles. The molecule has 1 amide bonds. The van der Waals surface area contributed by atoms with Gasteiger partial charge in [-0.05, 0) is 50.9 Å². The zero-order valence-electron chi connectivity index (χ0n) is 23.8. The van der Waals surface area contributed by atoms with Gasteiger partial charge in [0.25, 0.3) is 5.01 Å². The van der Waals surface area contributed by atoms with E-state index >= 15 is 0 Å². The zero-order chi connectivity index (χ0) is 30.4. The van der Waals surface area contributed by atoms with Gasteiger partial charge in [-0.1, -0.05) is 62.4 Å². The third-order valence-corrected chi connectivity index (χ3v) is 12.0. The number of halogens is 3. The lowest BCUT2D eigenvalue weighted by Gasteiger charge is -2.40. The van der Waals surface area contributed by atoms with Crippen molar-refractivity contribution in [1.82, 2.24) is 5.32 Å². The highest BCUT2D eigenvalue weighted by atomic mass is 32.2. The van der Waals surface area contributed by atoms with Gasteiger partial charge in [-0.2, -0.15) is 17.7 Å². The number of ether oxygens (including phenoxy) is 1. The number of aryl methyl sites for hydroxylation is 1. The number of rotatable bonds is 7. The second-order valence-electron chi connectivity index (χ2n) is 11.5. The Balaban J connectivity index is 0.000000824. The molecule has 0 unspecified atom stereocenters. The first-order valence-corrected chi connectivity index (χ1v) is 17.3. The van der Waals surface area contributed by atoms with Crippen LogP contribution in [-0.4, -0.2) is 44.5 Å². The minimum atomic E-state index is -6.09. The third-order valence-electron chi connectivity index (χ3n) is 5.94. The molecule has 0 bridgehead atoms. The van der Waals surface area contributed by atoms with E-state index in [0.717, 1.165) is 10.6 Å². The third kappa shape index (κ3) is 11.6. The van der Waals surface area contributed by atoms with Gasteiger partial charge in [0.2, 0.25) is 0 Å². The second-order valence-corrected chi connectivity index (χ2v) is 18.5. The summed E-state index contributed by atoms with van der Waals surface area (Å²) in [5, 5.41) is 6.33. The lowest BCUT2D eigenvalue weighted by atomic mass is 10.0. The van der Waals surface area contributed by atoms with Crippen molar-refractivity contribution in [1.29, 1.82) is 0 Å². The highest BCUT2D eigenvalue weighted by Gasteiger charge is 2.44. The molecule has 1 N–H and O–H groups in total. The summed E-state index contributed by atoms with van der Waals surface area (Å²) >= 11 is 1.66. The van der Waals surface area contributed by atoms with Crippen molar-refractivity contribution in [2.45, 2.75) is 89.4 Å². The maximum absolute atomic E-state index is 12.8. The molecule has 222 valence electrons. The Morgan fingerprint density at radius 3 is 2.00 bits per heavy atom. The molecular weight excluding hydrogens is 573 g/mol. The van der Waals surface area contributed by atoms with Crippen LogP contribution in [0.2, 0.25) is 18.1 Å². The molecule has 1 heterocycles. The van der Waals surface area contributed by atoms with E-state index in [9.17, 15) is 18.0 Å². The average Bonchev–Trinajstić information content (AvgIpc) is 3.15. The van der Waals surface area contributed by atoms with Gasteiger partial charge in [-0.25, -0.2) is 13.2 Å². The van der Waals surface area contributed by atoms with Crippen molar-refractivity contribution >= 4 is 35.9 Å². The van der Waals surface area contributed by atoms with Crippen molar-refractivity contribution in [2.75, 3.05) is 0 Å². The highest BCUT2D eigenvalue weighted by Crippen LogP contribution is 2.41. The standard InChI is InChI=1S/C24H38N2O3SSi.CHF3O3S/c1-23(2,3)28-22(27)25-19(17-18-13-11-10-12-14-18)20(21-26(7)15-16-30-21)29-31(8,9)24(4,5)6;2-1(3,4)8(5,6)7/h10-16,19-20H,17H2,1-9H3;(H,5,6,7)/t19-,20+;/m0./s1. The number of thiazole rings is 1. The Morgan fingerprint density at radius 1 is 1.10 bits per heavy atom. The van der Waals surface area contributed by atoms with Gasteiger partial charge in [-0.3, -0.25) is 0 Å². The molecule has 39 heavy (non-hydrogen) atoms. The number of amides is 1. The molecule has 0 fully saturated rings. The van der Waals surface area contributed by atoms with Gasteiger partial charge in [-0.15, -0.1) is 0 Å². The molecule has 2 aromatic rings. The first kappa shape index (κ1) is 35.0. The van der Waals surface area contributed by atoms with E-state index in [1.807, 2.05) is 52.2 Å². The summed E-state index contributed by atoms with van der Waals surface area (Å²) in [5.74, 6) is 0. The monoisotopic (exact) mass is 612 g/mol. The van der Waals surface area contributed by atoms with E-state index in [2.05, 4.69) is 61.3 Å². The molecule has 0 saturated heterocycles. The Labute approximate surface area is 234 Å². The Hall–Kier alpha value is -2.00. The summed E-state index contributed by atoms with van der Waals surface area (Å²) < 4.78 is 73.6. The van der Waals surface area contributed by atoms with Crippen molar-refractivity contribution < 1.29 is 44.7 Å². The Morgan fingerprint density at radius 2 is 1.62 bits per heavy atom. The summed E-state index contributed by atoms with van der Waals surface area (Å²) in [4.78, 5) is 12.8. The smallest absolute Gasteiger partial charge is 0.485 e. The SMILES string of the molecule is C[n+]1ccsc1[C@H](O[Si](C)(C)C(C)(C)C)[C@H](Cc1ccccc1)NC(=O)OC(C)(C)C.O=S(=O)([O-])C(F)(F)F. The number of carbonyl (C=O) groups excluding carboxylic acids is 1. The molecule has 8 nitrogen and oxygen atoms in total. The van der Waals surface area contributed by atoms with Crippen molar-refractivity contribution in [2.24, 2.45) is 7.05 Å². The Kier molecular flexibility index (Phi) is 11.8. The lowest BCUT2D eigenvalue weighted by Crippen LogP contribution is -2.51. The minimum Gasteiger partial charge on any atom is -0.741 e. The molecule has 0 spiro atoms. The zero-order valence-corrected chi connectivity index (χ0v) is 26.4. The van der Waals surface area contributed by atoms with Gasteiger partial charge in [0.1, 0.15) is 12.6 Å². The first-order valence-electron chi connectivity index (χ1n) is 12.1. The molecule has 2 rings (SSSR count). The number of alkyl halides is 3. The lowest BCUT2D eigenvalue weighted by molar-refractivity contribution is -0.677. The second kappa shape index (κ2) is 13.1. The van der Waals surface area contributed by atoms with Crippen LogP contribution >= 0.6 is 11.3 Å². The van der Waals surface area contributed by atoms with E-state index in [1.165, 1.54) is 0 Å². The van der Waals surface area contributed by atoms with Crippen LogP contribution in [-0.2, 0) is 32.7 Å². The molecule has 2 atom stereocenters. The predicted octanol–water partition coefficient (Wildman–Crippen LogP) is 5.82. The largest absolute Gasteiger partial charge is 0.741 e. The van der Waals surface area contributed by atoms with Crippen LogP contribution in [0.15, 0.2) is 41.9 Å². The van der Waals surface area contributed by atoms with Gasteiger partial charge in [0, 0.05) is 0 Å². The van der Waals surface area contributed by atoms with Crippen LogP contribution in [0.25, 0.3) is 0 Å². The molecule has 1 aromatic carbocycles. The number of hydrogen-bond acceptors (Lipinski definition) is 7. The number of carbonyl (C=O) groups is 1. The molecule has 0 saturated carbocycles. The topological polar surface area (TPSA) is 109 Å².